The van der Waals surface area contributed by atoms with E-state index >= 15 is 0 Å². The summed E-state index contributed by atoms with van der Waals surface area (Å²) in [5.41, 5.74) is 7.08. The van der Waals surface area contributed by atoms with Gasteiger partial charge in [0, 0.05) is 16.1 Å². The first-order chi connectivity index (χ1) is 13.2. The molecule has 0 bridgehead atoms. The topological polar surface area (TPSA) is 103 Å². The highest BCUT2D eigenvalue weighted by Crippen LogP contribution is 2.30. The van der Waals surface area contributed by atoms with Crippen LogP contribution in [0.3, 0.4) is 0 Å². The van der Waals surface area contributed by atoms with E-state index in [4.69, 9.17) is 26.8 Å². The average molecular weight is 404 g/mol. The molecule has 0 unspecified atom stereocenters. The summed E-state index contributed by atoms with van der Waals surface area (Å²) in [6.45, 7) is 6.61. The first-order valence-electron chi connectivity index (χ1n) is 8.77. The largest absolute Gasteiger partial charge is 0.443 e. The molecule has 28 heavy (non-hydrogen) atoms. The van der Waals surface area contributed by atoms with Gasteiger partial charge in [-0.15, -0.1) is 0 Å². The van der Waals surface area contributed by atoms with Crippen LogP contribution in [0.1, 0.15) is 26.3 Å². The summed E-state index contributed by atoms with van der Waals surface area (Å²) in [6, 6.07) is 5.34. The summed E-state index contributed by atoms with van der Waals surface area (Å²) in [5.74, 6) is 0.509. The molecule has 2 heterocycles. The van der Waals surface area contributed by atoms with Crippen LogP contribution in [-0.4, -0.2) is 51.3 Å². The van der Waals surface area contributed by atoms with Gasteiger partial charge in [0.2, 0.25) is 5.95 Å². The highest BCUT2D eigenvalue weighted by molar-refractivity contribution is 6.31. The van der Waals surface area contributed by atoms with Crippen molar-refractivity contribution in [2.75, 3.05) is 25.5 Å². The van der Waals surface area contributed by atoms with Crippen molar-refractivity contribution < 1.29 is 14.3 Å². The van der Waals surface area contributed by atoms with Crippen LogP contribution in [0.5, 0.6) is 0 Å². The minimum atomic E-state index is -0.614. The number of nitrogens with zero attached hydrogens (tertiary/aromatic N) is 4. The first kappa shape index (κ1) is 20.0. The number of carbonyl (C=O) groups is 1. The molecule has 8 nitrogen and oxygen atoms in total. The number of ether oxygens (including phenoxy) is 2. The van der Waals surface area contributed by atoms with Crippen molar-refractivity contribution in [2.45, 2.75) is 26.4 Å². The second kappa shape index (κ2) is 8.12. The molecule has 1 aromatic heterocycles. The Balaban J connectivity index is 2.01. The van der Waals surface area contributed by atoms with Gasteiger partial charge in [-0.1, -0.05) is 11.6 Å². The lowest BCUT2D eigenvalue weighted by Crippen LogP contribution is -2.37. The Kier molecular flexibility index (Phi) is 5.81. The third kappa shape index (κ3) is 4.96. The number of nitrogens with two attached hydrogens (primary N) is 1. The Bertz CT molecular complexity index is 911. The fourth-order valence-corrected chi connectivity index (χ4v) is 2.94. The molecule has 0 fully saturated rings. The summed E-state index contributed by atoms with van der Waals surface area (Å²) < 4.78 is 11.1. The van der Waals surface area contributed by atoms with Crippen LogP contribution in [0.4, 0.5) is 10.7 Å². The van der Waals surface area contributed by atoms with Gasteiger partial charge in [0.05, 0.1) is 25.5 Å². The van der Waals surface area contributed by atoms with E-state index < -0.39 is 11.7 Å². The fraction of sp³-hybridized carbons (Fsp3) is 0.368. The number of hydrogen-bond acceptors (Lipinski definition) is 7. The molecule has 9 heteroatoms. The molecule has 2 aromatic rings. The minimum absolute atomic E-state index is 0.115. The van der Waals surface area contributed by atoms with E-state index in [1.54, 1.807) is 17.0 Å². The average Bonchev–Trinajstić information content (AvgIpc) is 2.86. The van der Waals surface area contributed by atoms with Crippen molar-refractivity contribution in [1.82, 2.24) is 19.9 Å². The summed E-state index contributed by atoms with van der Waals surface area (Å²) in [6.07, 6.45) is 2.72. The summed E-state index contributed by atoms with van der Waals surface area (Å²) in [4.78, 5) is 26.4. The van der Waals surface area contributed by atoms with Gasteiger partial charge in [0.1, 0.15) is 11.9 Å². The van der Waals surface area contributed by atoms with Gasteiger partial charge in [-0.3, -0.25) is 4.90 Å². The third-order valence-electron chi connectivity index (χ3n) is 3.80. The maximum absolute atomic E-state index is 12.8. The molecule has 1 aliphatic heterocycles. The van der Waals surface area contributed by atoms with E-state index in [1.165, 1.54) is 6.33 Å². The zero-order valence-electron chi connectivity index (χ0n) is 16.0. The minimum Gasteiger partial charge on any atom is -0.443 e. The normalized spacial score (nSPS) is 15.0. The van der Waals surface area contributed by atoms with Gasteiger partial charge in [-0.2, -0.15) is 4.98 Å². The molecule has 0 radical (unpaired) electrons. The number of rotatable bonds is 2. The van der Waals surface area contributed by atoms with Crippen LogP contribution in [0, 0.1) is 0 Å². The Hall–Kier alpha value is -2.71. The molecule has 2 N–H and O–H groups in total. The Morgan fingerprint density at radius 2 is 2.00 bits per heavy atom. The number of halogens is 1. The maximum atomic E-state index is 12.8. The SMILES string of the molecule is CC(C)(C)OC(=O)N1CCOCC=C1c1cc(Cl)cc(-c2ncnc(N)n2)c1. The van der Waals surface area contributed by atoms with E-state index in [-0.39, 0.29) is 5.95 Å². The molecule has 1 amide bonds. The van der Waals surface area contributed by atoms with E-state index in [1.807, 2.05) is 32.9 Å². The number of anilines is 1. The molecular weight excluding hydrogens is 382 g/mol. The first-order valence-corrected chi connectivity index (χ1v) is 9.15. The summed E-state index contributed by atoms with van der Waals surface area (Å²) in [5, 5.41) is 0.474. The standard InChI is InChI=1S/C19H22ClN5O3/c1-19(2,3)28-18(26)25-5-7-27-6-4-15(25)12-8-13(10-14(20)9-12)16-22-11-23-17(21)24-16/h4,8-11H,5-7H2,1-3H3,(H2,21,22,23,24). The lowest BCUT2D eigenvalue weighted by atomic mass is 10.1. The van der Waals surface area contributed by atoms with Crippen LogP contribution < -0.4 is 5.73 Å². The lowest BCUT2D eigenvalue weighted by molar-refractivity contribution is 0.0322. The van der Waals surface area contributed by atoms with Crippen molar-refractivity contribution in [2.24, 2.45) is 0 Å². The highest BCUT2D eigenvalue weighted by atomic mass is 35.5. The van der Waals surface area contributed by atoms with Gasteiger partial charge in [-0.05, 0) is 45.0 Å². The highest BCUT2D eigenvalue weighted by Gasteiger charge is 2.27. The lowest BCUT2D eigenvalue weighted by Gasteiger charge is -2.28. The van der Waals surface area contributed by atoms with Crippen LogP contribution in [0.2, 0.25) is 5.02 Å². The molecule has 0 saturated heterocycles. The van der Waals surface area contributed by atoms with Crippen molar-refractivity contribution >= 4 is 29.3 Å². The zero-order valence-corrected chi connectivity index (χ0v) is 16.7. The molecule has 1 aromatic carbocycles. The second-order valence-electron chi connectivity index (χ2n) is 7.19. The Labute approximate surface area is 168 Å². The van der Waals surface area contributed by atoms with Gasteiger partial charge in [-0.25, -0.2) is 14.8 Å². The van der Waals surface area contributed by atoms with Gasteiger partial charge < -0.3 is 15.2 Å². The monoisotopic (exact) mass is 403 g/mol. The summed E-state index contributed by atoms with van der Waals surface area (Å²) >= 11 is 6.34. The van der Waals surface area contributed by atoms with Gasteiger partial charge in [0.15, 0.2) is 5.82 Å². The maximum Gasteiger partial charge on any atom is 0.414 e. The third-order valence-corrected chi connectivity index (χ3v) is 4.02. The van der Waals surface area contributed by atoms with E-state index in [0.717, 1.165) is 5.56 Å². The van der Waals surface area contributed by atoms with Crippen LogP contribution in [-0.2, 0) is 9.47 Å². The van der Waals surface area contributed by atoms with Gasteiger partial charge >= 0.3 is 6.09 Å². The number of aromatic nitrogens is 3. The van der Waals surface area contributed by atoms with Crippen molar-refractivity contribution in [3.8, 4) is 11.4 Å². The Morgan fingerprint density at radius 3 is 2.71 bits per heavy atom. The van der Waals surface area contributed by atoms with E-state index in [9.17, 15) is 4.79 Å². The van der Waals surface area contributed by atoms with Gasteiger partial charge in [0.25, 0.3) is 0 Å². The predicted octanol–water partition coefficient (Wildman–Crippen LogP) is 3.38. The molecule has 3 rings (SSSR count). The molecule has 0 aliphatic carbocycles. The predicted molar refractivity (Wildman–Crippen MR) is 106 cm³/mol. The number of benzene rings is 1. The second-order valence-corrected chi connectivity index (χ2v) is 7.63. The fourth-order valence-electron chi connectivity index (χ4n) is 2.70. The molecule has 0 atom stereocenters. The van der Waals surface area contributed by atoms with Crippen LogP contribution in [0.15, 0.2) is 30.6 Å². The number of hydrogen-bond donors (Lipinski definition) is 1. The molecule has 148 valence electrons. The summed E-state index contributed by atoms with van der Waals surface area (Å²) in [7, 11) is 0. The molecule has 1 aliphatic rings. The van der Waals surface area contributed by atoms with Crippen LogP contribution >= 0.6 is 11.6 Å². The van der Waals surface area contributed by atoms with E-state index in [2.05, 4.69) is 15.0 Å². The van der Waals surface area contributed by atoms with Crippen molar-refractivity contribution in [3.63, 3.8) is 0 Å². The van der Waals surface area contributed by atoms with Crippen molar-refractivity contribution in [3.05, 3.63) is 41.2 Å². The van der Waals surface area contributed by atoms with E-state index in [0.29, 0.717) is 41.9 Å². The smallest absolute Gasteiger partial charge is 0.414 e. The molecule has 0 saturated carbocycles. The van der Waals surface area contributed by atoms with Crippen LogP contribution in [0.25, 0.3) is 17.1 Å². The Morgan fingerprint density at radius 1 is 1.25 bits per heavy atom. The number of nitrogen functional groups attached to an aromatic ring is 1. The quantitative estimate of drug-likeness (QED) is 0.819. The number of amides is 1. The zero-order chi connectivity index (χ0) is 20.3. The molecule has 0 spiro atoms. The molecular formula is C19H22ClN5O3. The van der Waals surface area contributed by atoms with Crippen molar-refractivity contribution in [1.29, 1.82) is 0 Å². The number of carbonyl (C=O) groups excluding carboxylic acids is 1.